The molecule has 0 saturated carbocycles. The molecule has 0 unspecified atom stereocenters. The average Bonchev–Trinajstić information content (AvgIpc) is 3.18. The van der Waals surface area contributed by atoms with Crippen molar-refractivity contribution in [2.24, 2.45) is 0 Å². The second-order valence-electron chi connectivity index (χ2n) is 5.71. The number of nitro benzene ring substituents is 1. The molecule has 4 rings (SSSR count). The van der Waals surface area contributed by atoms with Crippen molar-refractivity contribution in [1.29, 1.82) is 0 Å². The maximum absolute atomic E-state index is 11.0. The number of nitro groups is 1. The van der Waals surface area contributed by atoms with E-state index in [0.29, 0.717) is 12.0 Å². The summed E-state index contributed by atoms with van der Waals surface area (Å²) in [7, 11) is 0. The average molecular weight is 319 g/mol. The van der Waals surface area contributed by atoms with E-state index < -0.39 is 4.92 Å². The van der Waals surface area contributed by atoms with Crippen LogP contribution in [0, 0.1) is 10.1 Å². The Morgan fingerprint density at radius 3 is 2.46 bits per heavy atom. The van der Waals surface area contributed by atoms with Crippen LogP contribution < -0.4 is 0 Å². The number of benzene rings is 2. The molecule has 0 spiro atoms. The minimum Gasteiger partial charge on any atom is -0.361 e. The van der Waals surface area contributed by atoms with Crippen molar-refractivity contribution in [1.82, 2.24) is 9.97 Å². The number of aldehydes is 1. The third-order valence-corrected chi connectivity index (χ3v) is 4.27. The minimum absolute atomic E-state index is 0.0682. The van der Waals surface area contributed by atoms with Crippen LogP contribution in [0.2, 0.25) is 0 Å². The summed E-state index contributed by atoms with van der Waals surface area (Å²) < 4.78 is 0. The van der Waals surface area contributed by atoms with Crippen LogP contribution in [0.3, 0.4) is 0 Å². The normalized spacial score (nSPS) is 11.2. The summed E-state index contributed by atoms with van der Waals surface area (Å²) in [6.45, 7) is 0. The first-order chi connectivity index (χ1) is 11.7. The topological polar surface area (TPSA) is 91.8 Å². The molecule has 6 nitrogen and oxygen atoms in total. The molecule has 0 bridgehead atoms. The molecular weight excluding hydrogens is 306 g/mol. The van der Waals surface area contributed by atoms with Crippen molar-refractivity contribution in [2.75, 3.05) is 0 Å². The van der Waals surface area contributed by atoms with Crippen molar-refractivity contribution in [3.05, 3.63) is 75.6 Å². The van der Waals surface area contributed by atoms with Crippen molar-refractivity contribution >= 4 is 33.8 Å². The molecule has 0 amide bonds. The van der Waals surface area contributed by atoms with E-state index in [1.54, 1.807) is 18.2 Å². The van der Waals surface area contributed by atoms with Gasteiger partial charge in [-0.1, -0.05) is 0 Å². The van der Waals surface area contributed by atoms with E-state index in [1.165, 1.54) is 6.07 Å². The fourth-order valence-electron chi connectivity index (χ4n) is 3.05. The number of hydrogen-bond acceptors (Lipinski definition) is 3. The lowest BCUT2D eigenvalue weighted by molar-refractivity contribution is -0.384. The second kappa shape index (κ2) is 5.34. The lowest BCUT2D eigenvalue weighted by Crippen LogP contribution is -1.88. The van der Waals surface area contributed by atoms with Crippen molar-refractivity contribution in [2.45, 2.75) is 6.42 Å². The van der Waals surface area contributed by atoms with Gasteiger partial charge in [0.1, 0.15) is 6.29 Å². The van der Waals surface area contributed by atoms with Crippen LogP contribution in [0.5, 0.6) is 0 Å². The predicted octanol–water partition coefficient (Wildman–Crippen LogP) is 3.96. The third kappa shape index (κ3) is 2.25. The zero-order valence-electron chi connectivity index (χ0n) is 12.6. The molecule has 0 aliphatic carbocycles. The third-order valence-electron chi connectivity index (χ3n) is 4.27. The summed E-state index contributed by atoms with van der Waals surface area (Å²) in [5.41, 5.74) is 4.56. The maximum atomic E-state index is 11.0. The standard InChI is InChI=1S/C18H13N3O3/c22-10-11-1-4-17-16(5-11)13(9-19-17)6-12-8-20-18-7-14(21(23)24)2-3-15(12)18/h1-5,7-10,19-20H,6H2. The second-order valence-corrected chi connectivity index (χ2v) is 5.71. The van der Waals surface area contributed by atoms with E-state index in [2.05, 4.69) is 9.97 Å². The Kier molecular flexibility index (Phi) is 3.16. The lowest BCUT2D eigenvalue weighted by Gasteiger charge is -2.00. The first-order valence-corrected chi connectivity index (χ1v) is 7.45. The van der Waals surface area contributed by atoms with Gasteiger partial charge in [0.15, 0.2) is 0 Å². The summed E-state index contributed by atoms with van der Waals surface area (Å²) in [4.78, 5) is 27.8. The van der Waals surface area contributed by atoms with E-state index >= 15 is 0 Å². The molecule has 2 N–H and O–H groups in total. The van der Waals surface area contributed by atoms with E-state index in [9.17, 15) is 14.9 Å². The quantitative estimate of drug-likeness (QED) is 0.339. The Bertz CT molecular complexity index is 1090. The van der Waals surface area contributed by atoms with Gasteiger partial charge in [-0.25, -0.2) is 0 Å². The molecule has 0 fully saturated rings. The first-order valence-electron chi connectivity index (χ1n) is 7.45. The van der Waals surface area contributed by atoms with Gasteiger partial charge in [0, 0.05) is 52.8 Å². The molecule has 0 saturated heterocycles. The summed E-state index contributed by atoms with van der Waals surface area (Å²) in [6.07, 6.45) is 5.31. The molecule has 2 heterocycles. The fourth-order valence-corrected chi connectivity index (χ4v) is 3.05. The molecule has 24 heavy (non-hydrogen) atoms. The monoisotopic (exact) mass is 319 g/mol. The number of carbonyl (C=O) groups excluding carboxylic acids is 1. The molecule has 0 aliphatic heterocycles. The summed E-state index contributed by atoms with van der Waals surface area (Å²) in [5.74, 6) is 0. The van der Waals surface area contributed by atoms with Gasteiger partial charge in [-0.15, -0.1) is 0 Å². The smallest absolute Gasteiger partial charge is 0.271 e. The number of rotatable bonds is 4. The Balaban J connectivity index is 1.77. The Labute approximate surface area is 136 Å². The van der Waals surface area contributed by atoms with Crippen molar-refractivity contribution in [3.63, 3.8) is 0 Å². The molecule has 0 aliphatic rings. The van der Waals surface area contributed by atoms with Gasteiger partial charge >= 0.3 is 0 Å². The van der Waals surface area contributed by atoms with Gasteiger partial charge in [-0.05, 0) is 35.4 Å². The number of non-ortho nitro benzene ring substituents is 1. The SMILES string of the molecule is O=Cc1ccc2[nH]cc(Cc3c[nH]c4cc([N+](=O)[O-])ccc34)c2c1. The molecule has 2 aromatic heterocycles. The van der Waals surface area contributed by atoms with Gasteiger partial charge in [0.25, 0.3) is 5.69 Å². The zero-order chi connectivity index (χ0) is 16.7. The number of nitrogens with one attached hydrogen (secondary N) is 2. The largest absolute Gasteiger partial charge is 0.361 e. The number of fused-ring (bicyclic) bond motifs is 2. The lowest BCUT2D eigenvalue weighted by atomic mass is 10.0. The first kappa shape index (κ1) is 14.2. The van der Waals surface area contributed by atoms with Gasteiger partial charge in [-0.3, -0.25) is 14.9 Å². The van der Waals surface area contributed by atoms with Gasteiger partial charge in [0.2, 0.25) is 0 Å². The van der Waals surface area contributed by atoms with Crippen LogP contribution in [0.25, 0.3) is 21.8 Å². The van der Waals surface area contributed by atoms with Crippen LogP contribution in [-0.4, -0.2) is 21.2 Å². The highest BCUT2D eigenvalue weighted by Gasteiger charge is 2.12. The number of hydrogen-bond donors (Lipinski definition) is 2. The van der Waals surface area contributed by atoms with Gasteiger partial charge in [0.05, 0.1) is 10.4 Å². The molecule has 0 atom stereocenters. The summed E-state index contributed by atoms with van der Waals surface area (Å²) >= 11 is 0. The van der Waals surface area contributed by atoms with Crippen LogP contribution in [-0.2, 0) is 6.42 Å². The molecule has 4 aromatic rings. The van der Waals surface area contributed by atoms with Crippen molar-refractivity contribution in [3.8, 4) is 0 Å². The van der Waals surface area contributed by atoms with Crippen LogP contribution in [0.15, 0.2) is 48.8 Å². The Hall–Kier alpha value is -3.41. The molecule has 2 aromatic carbocycles. The van der Waals surface area contributed by atoms with E-state index in [0.717, 1.165) is 39.2 Å². The summed E-state index contributed by atoms with van der Waals surface area (Å²) in [6, 6.07) is 10.4. The number of aromatic nitrogens is 2. The molecule has 118 valence electrons. The number of aromatic amines is 2. The minimum atomic E-state index is -0.402. The summed E-state index contributed by atoms with van der Waals surface area (Å²) in [5, 5.41) is 12.8. The Morgan fingerprint density at radius 1 is 0.958 bits per heavy atom. The van der Waals surface area contributed by atoms with Gasteiger partial charge < -0.3 is 9.97 Å². The fraction of sp³-hybridized carbons (Fsp3) is 0.0556. The highest BCUT2D eigenvalue weighted by atomic mass is 16.6. The number of H-pyrrole nitrogens is 2. The van der Waals surface area contributed by atoms with E-state index in [4.69, 9.17) is 0 Å². The molecule has 6 heteroatoms. The molecular formula is C18H13N3O3. The van der Waals surface area contributed by atoms with Gasteiger partial charge in [-0.2, -0.15) is 0 Å². The maximum Gasteiger partial charge on any atom is 0.271 e. The van der Waals surface area contributed by atoms with Crippen LogP contribution in [0.4, 0.5) is 5.69 Å². The van der Waals surface area contributed by atoms with E-state index in [-0.39, 0.29) is 5.69 Å². The van der Waals surface area contributed by atoms with E-state index in [1.807, 2.05) is 24.5 Å². The van der Waals surface area contributed by atoms with Crippen LogP contribution >= 0.6 is 0 Å². The van der Waals surface area contributed by atoms with Crippen molar-refractivity contribution < 1.29 is 9.72 Å². The Morgan fingerprint density at radius 2 is 1.71 bits per heavy atom. The zero-order valence-corrected chi connectivity index (χ0v) is 12.6. The highest BCUT2D eigenvalue weighted by molar-refractivity contribution is 5.91. The predicted molar refractivity (Wildman–Crippen MR) is 91.4 cm³/mol. The molecule has 0 radical (unpaired) electrons. The number of carbonyl (C=O) groups is 1. The number of nitrogens with zero attached hydrogens (tertiary/aromatic N) is 1. The highest BCUT2D eigenvalue weighted by Crippen LogP contribution is 2.27. The van der Waals surface area contributed by atoms with Crippen LogP contribution in [0.1, 0.15) is 21.5 Å².